The summed E-state index contributed by atoms with van der Waals surface area (Å²) in [7, 11) is 0. The highest BCUT2D eigenvalue weighted by atomic mass is 14.2. The Labute approximate surface area is 108 Å². The molecule has 0 bridgehead atoms. The van der Waals surface area contributed by atoms with Gasteiger partial charge in [0.1, 0.15) is 0 Å². The van der Waals surface area contributed by atoms with Crippen molar-refractivity contribution in [3.8, 4) is 0 Å². The summed E-state index contributed by atoms with van der Waals surface area (Å²) in [5.74, 6) is 0. The summed E-state index contributed by atoms with van der Waals surface area (Å²) < 4.78 is 0. The Morgan fingerprint density at radius 1 is 1.00 bits per heavy atom. The van der Waals surface area contributed by atoms with Gasteiger partial charge in [0, 0.05) is 0 Å². The molecule has 0 radical (unpaired) electrons. The highest BCUT2D eigenvalue weighted by Crippen LogP contribution is 2.26. The van der Waals surface area contributed by atoms with Crippen LogP contribution in [0.2, 0.25) is 0 Å². The van der Waals surface area contributed by atoms with Crippen molar-refractivity contribution < 1.29 is 0 Å². The number of allylic oxidation sites excluding steroid dienone is 1. The van der Waals surface area contributed by atoms with E-state index in [1.165, 1.54) is 27.8 Å². The van der Waals surface area contributed by atoms with Crippen LogP contribution < -0.4 is 0 Å². The average Bonchev–Trinajstić information content (AvgIpc) is 2.82. The van der Waals surface area contributed by atoms with Crippen LogP contribution in [0.1, 0.15) is 22.3 Å². The van der Waals surface area contributed by atoms with Gasteiger partial charge in [-0.3, -0.25) is 0 Å². The SMILES string of the molecule is C=Cc1ccc(CC2=Cc3ccccc3C2)cc1. The highest BCUT2D eigenvalue weighted by molar-refractivity contribution is 5.64. The maximum atomic E-state index is 3.78. The van der Waals surface area contributed by atoms with Gasteiger partial charge in [-0.05, 0) is 35.1 Å². The predicted molar refractivity (Wildman–Crippen MR) is 78.4 cm³/mol. The second-order valence-electron chi connectivity index (χ2n) is 4.80. The Hall–Kier alpha value is -2.08. The molecule has 88 valence electrons. The minimum atomic E-state index is 1.05. The second-order valence-corrected chi connectivity index (χ2v) is 4.80. The van der Waals surface area contributed by atoms with Crippen molar-refractivity contribution in [3.05, 3.63) is 82.9 Å². The number of hydrogen-bond acceptors (Lipinski definition) is 0. The van der Waals surface area contributed by atoms with Crippen LogP contribution >= 0.6 is 0 Å². The van der Waals surface area contributed by atoms with Gasteiger partial charge in [0.2, 0.25) is 0 Å². The Balaban J connectivity index is 1.77. The first-order chi connectivity index (χ1) is 8.85. The molecule has 2 aromatic carbocycles. The van der Waals surface area contributed by atoms with Gasteiger partial charge in [-0.25, -0.2) is 0 Å². The molecule has 1 aliphatic carbocycles. The molecule has 2 aromatic rings. The first-order valence-electron chi connectivity index (χ1n) is 6.34. The zero-order valence-corrected chi connectivity index (χ0v) is 10.4. The van der Waals surface area contributed by atoms with Gasteiger partial charge >= 0.3 is 0 Å². The predicted octanol–water partition coefficient (Wildman–Crippen LogP) is 4.51. The molecule has 0 nitrogen and oxygen atoms in total. The smallest absolute Gasteiger partial charge is 0.00545 e. The fourth-order valence-corrected chi connectivity index (χ4v) is 2.50. The molecule has 0 saturated heterocycles. The number of benzene rings is 2. The maximum Gasteiger partial charge on any atom is -0.00545 e. The van der Waals surface area contributed by atoms with Gasteiger partial charge in [0.25, 0.3) is 0 Å². The first kappa shape index (κ1) is 11.0. The van der Waals surface area contributed by atoms with Crippen LogP contribution in [0.25, 0.3) is 12.2 Å². The third kappa shape index (κ3) is 2.14. The van der Waals surface area contributed by atoms with Crippen LogP contribution in [0.15, 0.2) is 60.7 Å². The molecule has 0 heterocycles. The molecule has 0 aromatic heterocycles. The molecule has 0 heteroatoms. The normalized spacial score (nSPS) is 13.0. The summed E-state index contributed by atoms with van der Waals surface area (Å²) in [5.41, 5.74) is 6.90. The zero-order valence-electron chi connectivity index (χ0n) is 10.4. The van der Waals surface area contributed by atoms with Crippen LogP contribution in [0.5, 0.6) is 0 Å². The van der Waals surface area contributed by atoms with Crippen LogP contribution in [-0.4, -0.2) is 0 Å². The van der Waals surface area contributed by atoms with E-state index < -0.39 is 0 Å². The van der Waals surface area contributed by atoms with Crippen molar-refractivity contribution in [1.29, 1.82) is 0 Å². The van der Waals surface area contributed by atoms with E-state index in [0.717, 1.165) is 12.8 Å². The third-order valence-corrected chi connectivity index (χ3v) is 3.48. The van der Waals surface area contributed by atoms with E-state index in [1.54, 1.807) is 0 Å². The summed E-state index contributed by atoms with van der Waals surface area (Å²) in [6.07, 6.45) is 6.36. The van der Waals surface area contributed by atoms with E-state index in [-0.39, 0.29) is 0 Å². The van der Waals surface area contributed by atoms with Crippen molar-refractivity contribution in [2.24, 2.45) is 0 Å². The molecule has 0 atom stereocenters. The molecular formula is C18H16. The lowest BCUT2D eigenvalue weighted by molar-refractivity contribution is 1.07. The summed E-state index contributed by atoms with van der Waals surface area (Å²) >= 11 is 0. The van der Waals surface area contributed by atoms with E-state index in [4.69, 9.17) is 0 Å². The van der Waals surface area contributed by atoms with E-state index >= 15 is 0 Å². The monoisotopic (exact) mass is 232 g/mol. The van der Waals surface area contributed by atoms with E-state index in [0.29, 0.717) is 0 Å². The second kappa shape index (κ2) is 4.66. The minimum absolute atomic E-state index is 1.05. The molecule has 0 aliphatic heterocycles. The molecule has 0 amide bonds. The Kier molecular flexibility index (Phi) is 2.85. The first-order valence-corrected chi connectivity index (χ1v) is 6.34. The van der Waals surface area contributed by atoms with Gasteiger partial charge in [0.15, 0.2) is 0 Å². The van der Waals surface area contributed by atoms with Crippen LogP contribution in [0.3, 0.4) is 0 Å². The molecule has 18 heavy (non-hydrogen) atoms. The van der Waals surface area contributed by atoms with Crippen molar-refractivity contribution in [1.82, 2.24) is 0 Å². The molecule has 0 N–H and O–H groups in total. The number of hydrogen-bond donors (Lipinski definition) is 0. The van der Waals surface area contributed by atoms with E-state index in [1.807, 2.05) is 6.08 Å². The van der Waals surface area contributed by atoms with E-state index in [9.17, 15) is 0 Å². The van der Waals surface area contributed by atoms with Gasteiger partial charge in [0.05, 0.1) is 0 Å². The molecule has 0 unspecified atom stereocenters. The molecular weight excluding hydrogens is 216 g/mol. The van der Waals surface area contributed by atoms with Crippen LogP contribution in [-0.2, 0) is 12.8 Å². The minimum Gasteiger partial charge on any atom is -0.0985 e. The lowest BCUT2D eigenvalue weighted by Gasteiger charge is -2.03. The Morgan fingerprint density at radius 2 is 1.78 bits per heavy atom. The summed E-state index contributed by atoms with van der Waals surface area (Å²) in [4.78, 5) is 0. The highest BCUT2D eigenvalue weighted by Gasteiger charge is 2.11. The number of fused-ring (bicyclic) bond motifs is 1. The van der Waals surface area contributed by atoms with Crippen LogP contribution in [0, 0.1) is 0 Å². The Morgan fingerprint density at radius 3 is 2.50 bits per heavy atom. The third-order valence-electron chi connectivity index (χ3n) is 3.48. The molecule has 0 spiro atoms. The standard InChI is InChI=1S/C18H16/c1-2-14-7-9-15(10-8-14)11-16-12-17-5-3-4-6-18(17)13-16/h2-10,12H,1,11,13H2. The van der Waals surface area contributed by atoms with Crippen LogP contribution in [0.4, 0.5) is 0 Å². The van der Waals surface area contributed by atoms with Gasteiger partial charge in [-0.15, -0.1) is 0 Å². The largest absolute Gasteiger partial charge is 0.0985 e. The summed E-state index contributed by atoms with van der Waals surface area (Å²) in [6.45, 7) is 3.78. The fraction of sp³-hybridized carbons (Fsp3) is 0.111. The lowest BCUT2D eigenvalue weighted by Crippen LogP contribution is -1.90. The molecule has 3 rings (SSSR count). The fourth-order valence-electron chi connectivity index (χ4n) is 2.50. The average molecular weight is 232 g/mol. The van der Waals surface area contributed by atoms with Gasteiger partial charge in [-0.1, -0.05) is 72.8 Å². The molecule has 0 saturated carbocycles. The zero-order chi connectivity index (χ0) is 12.4. The molecule has 0 fully saturated rings. The maximum absolute atomic E-state index is 3.78. The summed E-state index contributed by atoms with van der Waals surface area (Å²) in [5, 5.41) is 0. The Bertz CT molecular complexity index is 600. The quantitative estimate of drug-likeness (QED) is 0.730. The molecule has 1 aliphatic rings. The number of rotatable bonds is 3. The van der Waals surface area contributed by atoms with Crippen molar-refractivity contribution in [3.63, 3.8) is 0 Å². The van der Waals surface area contributed by atoms with Crippen molar-refractivity contribution >= 4 is 12.2 Å². The van der Waals surface area contributed by atoms with Crippen molar-refractivity contribution in [2.45, 2.75) is 12.8 Å². The van der Waals surface area contributed by atoms with E-state index in [2.05, 4.69) is 61.2 Å². The van der Waals surface area contributed by atoms with Crippen molar-refractivity contribution in [2.75, 3.05) is 0 Å². The van der Waals surface area contributed by atoms with Gasteiger partial charge < -0.3 is 0 Å². The summed E-state index contributed by atoms with van der Waals surface area (Å²) in [6, 6.07) is 17.3. The van der Waals surface area contributed by atoms with Gasteiger partial charge in [-0.2, -0.15) is 0 Å². The lowest BCUT2D eigenvalue weighted by atomic mass is 10.0. The topological polar surface area (TPSA) is 0 Å².